The van der Waals surface area contributed by atoms with Crippen molar-refractivity contribution in [3.8, 4) is 5.75 Å². The molecule has 7 heteroatoms. The quantitative estimate of drug-likeness (QED) is 0.848. The van der Waals surface area contributed by atoms with Crippen molar-refractivity contribution in [2.45, 2.75) is 50.5 Å². The van der Waals surface area contributed by atoms with Crippen LogP contribution in [0.4, 0.5) is 0 Å². The SMILES string of the molecule is CCC1CCCCN1C(=O)CNS(=O)(=O)c1ccc(OC)c(C)c1. The monoisotopic (exact) mass is 354 g/mol. The molecule has 1 aliphatic rings. The molecule has 1 atom stereocenters. The molecule has 0 radical (unpaired) electrons. The summed E-state index contributed by atoms with van der Waals surface area (Å²) in [7, 11) is -2.18. The fraction of sp³-hybridized carbons (Fsp3) is 0.588. The van der Waals surface area contributed by atoms with E-state index in [2.05, 4.69) is 11.6 Å². The largest absolute Gasteiger partial charge is 0.496 e. The Morgan fingerprint density at radius 1 is 1.38 bits per heavy atom. The molecular formula is C17H26N2O4S. The van der Waals surface area contributed by atoms with Crippen LogP contribution in [-0.2, 0) is 14.8 Å². The van der Waals surface area contributed by atoms with Crippen LogP contribution in [0.15, 0.2) is 23.1 Å². The van der Waals surface area contributed by atoms with Gasteiger partial charge in [-0.3, -0.25) is 4.79 Å². The maximum absolute atomic E-state index is 12.4. The molecular weight excluding hydrogens is 328 g/mol. The summed E-state index contributed by atoms with van der Waals surface area (Å²) in [6, 6.07) is 4.86. The number of benzene rings is 1. The molecule has 1 unspecified atom stereocenters. The van der Waals surface area contributed by atoms with Gasteiger partial charge in [-0.05, 0) is 56.4 Å². The molecule has 1 fully saturated rings. The van der Waals surface area contributed by atoms with Gasteiger partial charge in [-0.15, -0.1) is 0 Å². The smallest absolute Gasteiger partial charge is 0.241 e. The summed E-state index contributed by atoms with van der Waals surface area (Å²) in [5.74, 6) is 0.472. The first kappa shape index (κ1) is 18.7. The van der Waals surface area contributed by atoms with Gasteiger partial charge in [0.1, 0.15) is 5.75 Å². The Balaban J connectivity index is 2.04. The highest BCUT2D eigenvalue weighted by Crippen LogP contribution is 2.22. The number of piperidine rings is 1. The van der Waals surface area contributed by atoms with Crippen molar-refractivity contribution in [2.24, 2.45) is 0 Å². The summed E-state index contributed by atoms with van der Waals surface area (Å²) in [5, 5.41) is 0. The average Bonchev–Trinajstić information content (AvgIpc) is 2.59. The molecule has 0 saturated carbocycles. The molecule has 0 aromatic heterocycles. The predicted octanol–water partition coefficient (Wildman–Crippen LogP) is 2.07. The zero-order valence-electron chi connectivity index (χ0n) is 14.5. The molecule has 1 amide bonds. The molecule has 1 heterocycles. The molecule has 1 aromatic rings. The van der Waals surface area contributed by atoms with Crippen molar-refractivity contribution in [1.29, 1.82) is 0 Å². The lowest BCUT2D eigenvalue weighted by molar-refractivity contribution is -0.133. The number of ether oxygens (including phenoxy) is 1. The van der Waals surface area contributed by atoms with Gasteiger partial charge in [0.15, 0.2) is 0 Å². The molecule has 1 saturated heterocycles. The highest BCUT2D eigenvalue weighted by atomic mass is 32.2. The minimum Gasteiger partial charge on any atom is -0.496 e. The molecule has 0 aliphatic carbocycles. The Kier molecular flexibility index (Phi) is 6.23. The van der Waals surface area contributed by atoms with Gasteiger partial charge in [-0.1, -0.05) is 6.92 Å². The lowest BCUT2D eigenvalue weighted by Gasteiger charge is -2.35. The van der Waals surface area contributed by atoms with Crippen molar-refractivity contribution in [3.05, 3.63) is 23.8 Å². The number of amides is 1. The number of nitrogens with one attached hydrogen (secondary N) is 1. The first-order valence-corrected chi connectivity index (χ1v) is 9.81. The van der Waals surface area contributed by atoms with Crippen LogP contribution in [0.5, 0.6) is 5.75 Å². The number of methoxy groups -OCH3 is 1. The van der Waals surface area contributed by atoms with Crippen molar-refractivity contribution in [1.82, 2.24) is 9.62 Å². The number of carbonyl (C=O) groups is 1. The Labute approximate surface area is 144 Å². The van der Waals surface area contributed by atoms with Gasteiger partial charge in [0.05, 0.1) is 18.6 Å². The lowest BCUT2D eigenvalue weighted by Crippen LogP contribution is -2.47. The van der Waals surface area contributed by atoms with Crippen molar-refractivity contribution in [3.63, 3.8) is 0 Å². The minimum absolute atomic E-state index is 0.138. The van der Waals surface area contributed by atoms with Crippen LogP contribution in [0.1, 0.15) is 38.2 Å². The highest BCUT2D eigenvalue weighted by molar-refractivity contribution is 7.89. The van der Waals surface area contributed by atoms with E-state index in [0.29, 0.717) is 12.3 Å². The highest BCUT2D eigenvalue weighted by Gasteiger charge is 2.26. The first-order chi connectivity index (χ1) is 11.4. The van der Waals surface area contributed by atoms with E-state index in [1.807, 2.05) is 4.90 Å². The van der Waals surface area contributed by atoms with E-state index >= 15 is 0 Å². The standard InChI is InChI=1S/C17H26N2O4S/c1-4-14-7-5-6-10-19(14)17(20)12-18-24(21,22)15-8-9-16(23-3)13(2)11-15/h8-9,11,14,18H,4-7,10,12H2,1-3H3. The molecule has 6 nitrogen and oxygen atoms in total. The summed E-state index contributed by atoms with van der Waals surface area (Å²) >= 11 is 0. The molecule has 1 aliphatic heterocycles. The second-order valence-corrected chi connectivity index (χ2v) is 7.87. The van der Waals surface area contributed by atoms with E-state index in [-0.39, 0.29) is 23.4 Å². The third-order valence-corrected chi connectivity index (χ3v) is 5.91. The van der Waals surface area contributed by atoms with Crippen molar-refractivity contribution in [2.75, 3.05) is 20.2 Å². The van der Waals surface area contributed by atoms with E-state index in [1.165, 1.54) is 13.2 Å². The van der Waals surface area contributed by atoms with Crippen LogP contribution < -0.4 is 9.46 Å². The molecule has 2 rings (SSSR count). The number of hydrogen-bond donors (Lipinski definition) is 1. The summed E-state index contributed by atoms with van der Waals surface area (Å²) in [6.07, 6.45) is 3.99. The number of aryl methyl sites for hydroxylation is 1. The second-order valence-electron chi connectivity index (χ2n) is 6.10. The summed E-state index contributed by atoms with van der Waals surface area (Å²) in [6.45, 7) is 4.34. The Hall–Kier alpha value is -1.60. The molecule has 0 bridgehead atoms. The minimum atomic E-state index is -3.72. The second kappa shape index (κ2) is 7.98. The fourth-order valence-corrected chi connectivity index (χ4v) is 4.17. The normalized spacial score (nSPS) is 18.5. The Morgan fingerprint density at radius 3 is 2.75 bits per heavy atom. The van der Waals surface area contributed by atoms with Gasteiger partial charge in [-0.2, -0.15) is 0 Å². The molecule has 1 N–H and O–H groups in total. The first-order valence-electron chi connectivity index (χ1n) is 8.32. The number of likely N-dealkylation sites (tertiary alicyclic amines) is 1. The van der Waals surface area contributed by atoms with Crippen molar-refractivity contribution >= 4 is 15.9 Å². The molecule has 134 valence electrons. The number of hydrogen-bond acceptors (Lipinski definition) is 4. The van der Waals surface area contributed by atoms with E-state index in [9.17, 15) is 13.2 Å². The zero-order chi connectivity index (χ0) is 17.7. The van der Waals surface area contributed by atoms with Gasteiger partial charge >= 0.3 is 0 Å². The zero-order valence-corrected chi connectivity index (χ0v) is 15.4. The van der Waals surface area contributed by atoms with Crippen LogP contribution in [0.25, 0.3) is 0 Å². The van der Waals surface area contributed by atoms with E-state index in [0.717, 1.165) is 31.2 Å². The third-order valence-electron chi connectivity index (χ3n) is 4.51. The van der Waals surface area contributed by atoms with Crippen LogP contribution in [-0.4, -0.2) is 45.5 Å². The Morgan fingerprint density at radius 2 is 2.12 bits per heavy atom. The number of nitrogens with zero attached hydrogens (tertiary/aromatic N) is 1. The number of carbonyl (C=O) groups excluding carboxylic acids is 1. The fourth-order valence-electron chi connectivity index (χ4n) is 3.11. The van der Waals surface area contributed by atoms with Crippen LogP contribution in [0.2, 0.25) is 0 Å². The molecule has 24 heavy (non-hydrogen) atoms. The summed E-state index contributed by atoms with van der Waals surface area (Å²) < 4.78 is 32.4. The van der Waals surface area contributed by atoms with Crippen LogP contribution in [0, 0.1) is 6.92 Å². The van der Waals surface area contributed by atoms with Crippen molar-refractivity contribution < 1.29 is 17.9 Å². The van der Waals surface area contributed by atoms with Crippen LogP contribution >= 0.6 is 0 Å². The van der Waals surface area contributed by atoms with Crippen LogP contribution in [0.3, 0.4) is 0 Å². The van der Waals surface area contributed by atoms with Gasteiger partial charge in [0, 0.05) is 12.6 Å². The topological polar surface area (TPSA) is 75.7 Å². The van der Waals surface area contributed by atoms with Gasteiger partial charge < -0.3 is 9.64 Å². The lowest BCUT2D eigenvalue weighted by atomic mass is 10.00. The van der Waals surface area contributed by atoms with Gasteiger partial charge in [-0.25, -0.2) is 13.1 Å². The summed E-state index contributed by atoms with van der Waals surface area (Å²) in [4.78, 5) is 14.3. The number of sulfonamides is 1. The third kappa shape index (κ3) is 4.27. The van der Waals surface area contributed by atoms with E-state index in [4.69, 9.17) is 4.74 Å². The van der Waals surface area contributed by atoms with E-state index in [1.54, 1.807) is 19.1 Å². The van der Waals surface area contributed by atoms with Gasteiger partial charge in [0.25, 0.3) is 0 Å². The predicted molar refractivity (Wildman–Crippen MR) is 92.6 cm³/mol. The maximum Gasteiger partial charge on any atom is 0.241 e. The average molecular weight is 354 g/mol. The molecule has 1 aromatic carbocycles. The Bertz CT molecular complexity index is 688. The maximum atomic E-state index is 12.4. The summed E-state index contributed by atoms with van der Waals surface area (Å²) in [5.41, 5.74) is 0.730. The van der Waals surface area contributed by atoms with E-state index < -0.39 is 10.0 Å². The number of rotatable bonds is 6. The van der Waals surface area contributed by atoms with Gasteiger partial charge in [0.2, 0.25) is 15.9 Å². The molecule has 0 spiro atoms.